The van der Waals surface area contributed by atoms with E-state index in [9.17, 15) is 14.3 Å². The maximum absolute atomic E-state index is 12.7. The van der Waals surface area contributed by atoms with Crippen molar-refractivity contribution >= 4 is 13.8 Å². The first-order chi connectivity index (χ1) is 29.1. The van der Waals surface area contributed by atoms with Gasteiger partial charge in [0.2, 0.25) is 0 Å². The third-order valence-electron chi connectivity index (χ3n) is 10.6. The average Bonchev–Trinajstić information content (AvgIpc) is 3.20. The number of likely N-dealkylation sites (N-methyl/N-ethyl adjacent to an activating group) is 1. The van der Waals surface area contributed by atoms with Crippen molar-refractivity contribution in [2.75, 3.05) is 54.1 Å². The van der Waals surface area contributed by atoms with Crippen LogP contribution in [0.3, 0.4) is 0 Å². The number of hydrogen-bond donors (Lipinski definition) is 0. The number of carbonyl (C=O) groups excluding carboxylic acids is 1. The average molecular weight is 866 g/mol. The van der Waals surface area contributed by atoms with Gasteiger partial charge in [-0.15, -0.1) is 0 Å². The summed E-state index contributed by atoms with van der Waals surface area (Å²) in [5.74, 6) is -0.334. The molecule has 0 aromatic rings. The van der Waals surface area contributed by atoms with Gasteiger partial charge in [0.1, 0.15) is 19.3 Å². The molecule has 0 saturated heterocycles. The Bertz CT molecular complexity index is 1100. The molecule has 0 aromatic carbocycles. The summed E-state index contributed by atoms with van der Waals surface area (Å²) in [6.45, 7) is 5.32. The topological polar surface area (TPSA) is 94.1 Å². The number of nitrogens with zero attached hydrogens (tertiary/aromatic N) is 1. The number of quaternary nitrogens is 1. The lowest BCUT2D eigenvalue weighted by Gasteiger charge is -2.28. The molecular weight excluding hydrogens is 770 g/mol. The fourth-order valence-electron chi connectivity index (χ4n) is 6.83. The van der Waals surface area contributed by atoms with Crippen molar-refractivity contribution in [3.63, 3.8) is 0 Å². The highest BCUT2D eigenvalue weighted by Gasteiger charge is 2.20. The van der Waals surface area contributed by atoms with Crippen LogP contribution in [0.1, 0.15) is 213 Å². The van der Waals surface area contributed by atoms with E-state index in [-0.39, 0.29) is 25.8 Å². The fourth-order valence-corrected chi connectivity index (χ4v) is 7.56. The van der Waals surface area contributed by atoms with Crippen LogP contribution < -0.4 is 4.89 Å². The summed E-state index contributed by atoms with van der Waals surface area (Å²) < 4.78 is 34.7. The Morgan fingerprint density at radius 3 is 1.45 bits per heavy atom. The number of ether oxygens (including phenoxy) is 2. The summed E-state index contributed by atoms with van der Waals surface area (Å²) in [5.41, 5.74) is 0. The van der Waals surface area contributed by atoms with Crippen molar-refractivity contribution in [2.24, 2.45) is 0 Å². The van der Waals surface area contributed by atoms with E-state index in [0.717, 1.165) is 57.8 Å². The number of hydrogen-bond acceptors (Lipinski definition) is 7. The Morgan fingerprint density at radius 2 is 0.967 bits per heavy atom. The molecule has 8 nitrogen and oxygen atoms in total. The first-order valence-corrected chi connectivity index (χ1v) is 26.3. The molecule has 352 valence electrons. The molecule has 0 aliphatic rings. The zero-order chi connectivity index (χ0) is 44.1. The molecule has 0 saturated carbocycles. The second kappa shape index (κ2) is 44.1. The zero-order valence-electron chi connectivity index (χ0n) is 39.9. The minimum Gasteiger partial charge on any atom is -0.756 e. The van der Waals surface area contributed by atoms with Gasteiger partial charge in [0, 0.05) is 13.0 Å². The van der Waals surface area contributed by atoms with Crippen LogP contribution >= 0.6 is 7.82 Å². The monoisotopic (exact) mass is 866 g/mol. The lowest BCUT2D eigenvalue weighted by molar-refractivity contribution is -0.870. The van der Waals surface area contributed by atoms with E-state index in [1.165, 1.54) is 135 Å². The van der Waals surface area contributed by atoms with Crippen molar-refractivity contribution < 1.29 is 37.3 Å². The summed E-state index contributed by atoms with van der Waals surface area (Å²) in [7, 11) is 1.36. The Morgan fingerprint density at radius 1 is 0.533 bits per heavy atom. The minimum absolute atomic E-state index is 0.0259. The van der Waals surface area contributed by atoms with Crippen LogP contribution in [0.25, 0.3) is 0 Å². The molecule has 0 spiro atoms. The SMILES string of the molecule is CC/C=C\C/C=C\C/C=C\C/C=C\CCCCCCCCCCCCCOCC(COP(=O)([O-])OCC[N+](C)(C)C)OC(=O)CCCCCCCCCCCCCCCC. The summed E-state index contributed by atoms with van der Waals surface area (Å²) in [4.78, 5) is 25.1. The molecular formula is C51H96NO7P. The van der Waals surface area contributed by atoms with E-state index in [4.69, 9.17) is 18.5 Å². The number of carbonyl (C=O) groups is 1. The van der Waals surface area contributed by atoms with E-state index in [0.29, 0.717) is 24.1 Å². The van der Waals surface area contributed by atoms with E-state index in [1.807, 2.05) is 21.1 Å². The number of rotatable bonds is 46. The molecule has 0 fully saturated rings. The van der Waals surface area contributed by atoms with Crippen LogP contribution in [-0.4, -0.2) is 70.7 Å². The molecule has 0 aliphatic heterocycles. The molecule has 0 N–H and O–H groups in total. The van der Waals surface area contributed by atoms with Gasteiger partial charge in [-0.3, -0.25) is 9.36 Å². The van der Waals surface area contributed by atoms with Crippen LogP contribution in [0.15, 0.2) is 48.6 Å². The molecule has 0 amide bonds. The van der Waals surface area contributed by atoms with Gasteiger partial charge in [-0.25, -0.2) is 0 Å². The molecule has 0 aromatic heterocycles. The standard InChI is InChI=1S/C51H96NO7P/c1-6-8-10-12-14-16-18-20-22-23-24-25-26-27-28-29-30-31-33-35-37-39-41-43-46-56-48-50(49-58-60(54,55)57-47-45-52(3,4)5)59-51(53)44-42-40-38-36-34-32-21-19-17-15-13-11-9-7-2/h8,10,14,16,20,22,24-25,50H,6-7,9,11-13,15,17-19,21,23,26-49H2,1-5H3/b10-8-,16-14-,22-20-,25-24-. The molecule has 0 aliphatic carbocycles. The van der Waals surface area contributed by atoms with Gasteiger partial charge in [0.15, 0.2) is 0 Å². The van der Waals surface area contributed by atoms with E-state index >= 15 is 0 Å². The molecule has 0 heterocycles. The molecule has 2 atom stereocenters. The number of allylic oxidation sites excluding steroid dienone is 8. The van der Waals surface area contributed by atoms with Gasteiger partial charge < -0.3 is 27.9 Å². The largest absolute Gasteiger partial charge is 0.756 e. The number of unbranched alkanes of at least 4 members (excludes halogenated alkanes) is 24. The first kappa shape index (κ1) is 58.5. The Balaban J connectivity index is 4.10. The number of phosphoric acid groups is 1. The van der Waals surface area contributed by atoms with Crippen LogP contribution in [0.5, 0.6) is 0 Å². The third-order valence-corrected chi connectivity index (χ3v) is 11.6. The highest BCUT2D eigenvalue weighted by Crippen LogP contribution is 2.38. The van der Waals surface area contributed by atoms with Crippen LogP contribution in [0, 0.1) is 0 Å². The van der Waals surface area contributed by atoms with E-state index in [1.54, 1.807) is 0 Å². The molecule has 0 bridgehead atoms. The highest BCUT2D eigenvalue weighted by atomic mass is 31.2. The molecule has 9 heteroatoms. The van der Waals surface area contributed by atoms with Gasteiger partial charge in [-0.05, 0) is 51.4 Å². The lowest BCUT2D eigenvalue weighted by atomic mass is 10.0. The smallest absolute Gasteiger partial charge is 0.306 e. The van der Waals surface area contributed by atoms with Gasteiger partial charge in [0.05, 0.1) is 34.4 Å². The Labute approximate surface area is 371 Å². The first-order valence-electron chi connectivity index (χ1n) is 24.9. The summed E-state index contributed by atoms with van der Waals surface area (Å²) in [6.07, 6.45) is 54.1. The fraction of sp³-hybridized carbons (Fsp3) is 0.824. The second-order valence-electron chi connectivity index (χ2n) is 17.8. The van der Waals surface area contributed by atoms with Crippen LogP contribution in [0.2, 0.25) is 0 Å². The van der Waals surface area contributed by atoms with Crippen molar-refractivity contribution in [3.8, 4) is 0 Å². The highest BCUT2D eigenvalue weighted by molar-refractivity contribution is 7.45. The molecule has 0 radical (unpaired) electrons. The molecule has 2 unspecified atom stereocenters. The minimum atomic E-state index is -4.53. The quantitative estimate of drug-likeness (QED) is 0.0198. The summed E-state index contributed by atoms with van der Waals surface area (Å²) in [5, 5.41) is 0. The van der Waals surface area contributed by atoms with Gasteiger partial charge in [-0.1, -0.05) is 204 Å². The van der Waals surface area contributed by atoms with Crippen molar-refractivity contribution in [1.82, 2.24) is 0 Å². The van der Waals surface area contributed by atoms with Crippen LogP contribution in [-0.2, 0) is 27.9 Å². The van der Waals surface area contributed by atoms with Crippen LogP contribution in [0.4, 0.5) is 0 Å². The van der Waals surface area contributed by atoms with Crippen molar-refractivity contribution in [1.29, 1.82) is 0 Å². The van der Waals surface area contributed by atoms with Crippen molar-refractivity contribution in [3.05, 3.63) is 48.6 Å². The number of esters is 1. The predicted octanol–water partition coefficient (Wildman–Crippen LogP) is 14.5. The van der Waals surface area contributed by atoms with Crippen molar-refractivity contribution in [2.45, 2.75) is 219 Å². The second-order valence-corrected chi connectivity index (χ2v) is 19.2. The Hall–Kier alpha value is -1.54. The molecule has 0 rings (SSSR count). The van der Waals surface area contributed by atoms with Gasteiger partial charge in [-0.2, -0.15) is 0 Å². The maximum atomic E-state index is 12.7. The summed E-state index contributed by atoms with van der Waals surface area (Å²) in [6, 6.07) is 0. The normalized spacial score (nSPS) is 14.0. The maximum Gasteiger partial charge on any atom is 0.306 e. The van der Waals surface area contributed by atoms with Gasteiger partial charge in [0.25, 0.3) is 7.82 Å². The Kier molecular flexibility index (Phi) is 43.0. The molecule has 60 heavy (non-hydrogen) atoms. The van der Waals surface area contributed by atoms with E-state index in [2.05, 4.69) is 62.5 Å². The summed E-state index contributed by atoms with van der Waals surface area (Å²) >= 11 is 0. The zero-order valence-corrected chi connectivity index (χ0v) is 40.8. The predicted molar refractivity (Wildman–Crippen MR) is 254 cm³/mol. The van der Waals surface area contributed by atoms with E-state index < -0.39 is 13.9 Å². The third kappa shape index (κ3) is 47.5. The van der Waals surface area contributed by atoms with Gasteiger partial charge >= 0.3 is 5.97 Å². The lowest BCUT2D eigenvalue weighted by Crippen LogP contribution is -2.37. The number of phosphoric ester groups is 1.